The summed E-state index contributed by atoms with van der Waals surface area (Å²) in [4.78, 5) is 0. The third-order valence-corrected chi connectivity index (χ3v) is 5.30. The highest BCUT2D eigenvalue weighted by molar-refractivity contribution is 5.85. The zero-order valence-electron chi connectivity index (χ0n) is 14.4. The largest absolute Gasteiger partial charge is 0.379 e. The van der Waals surface area contributed by atoms with Gasteiger partial charge in [0.05, 0.1) is 18.9 Å². The van der Waals surface area contributed by atoms with E-state index in [1.807, 2.05) is 13.8 Å². The fourth-order valence-electron chi connectivity index (χ4n) is 4.21. The topological polar surface area (TPSA) is 59.3 Å². The van der Waals surface area contributed by atoms with Crippen LogP contribution in [-0.4, -0.2) is 43.5 Å². The van der Waals surface area contributed by atoms with Crippen LogP contribution in [-0.2, 0) is 4.74 Å². The number of aryl methyl sites for hydroxylation is 2. The van der Waals surface area contributed by atoms with Crippen molar-refractivity contribution in [1.82, 2.24) is 15.8 Å². The molecular formula is C17H30ClN3O2. The molecule has 1 saturated carbocycles. The average Bonchev–Trinajstić information content (AvgIpc) is 3.12. The summed E-state index contributed by atoms with van der Waals surface area (Å²) < 4.78 is 10.9. The number of rotatable bonds is 5. The Kier molecular flexibility index (Phi) is 6.89. The van der Waals surface area contributed by atoms with Gasteiger partial charge in [0.2, 0.25) is 0 Å². The van der Waals surface area contributed by atoms with Crippen LogP contribution in [0.15, 0.2) is 4.52 Å². The van der Waals surface area contributed by atoms with Gasteiger partial charge in [0.1, 0.15) is 5.76 Å². The summed E-state index contributed by atoms with van der Waals surface area (Å²) in [5, 5.41) is 11.5. The molecule has 2 heterocycles. The number of morpholine rings is 1. The fourth-order valence-corrected chi connectivity index (χ4v) is 4.21. The number of ether oxygens (including phenoxy) is 1. The summed E-state index contributed by atoms with van der Waals surface area (Å²) in [6.07, 6.45) is 3.90. The van der Waals surface area contributed by atoms with Crippen LogP contribution in [0, 0.1) is 19.8 Å². The molecule has 132 valence electrons. The van der Waals surface area contributed by atoms with Crippen molar-refractivity contribution in [3.63, 3.8) is 0 Å². The zero-order valence-corrected chi connectivity index (χ0v) is 15.2. The molecule has 1 aliphatic heterocycles. The smallest absolute Gasteiger partial charge is 0.137 e. The minimum atomic E-state index is 0. The summed E-state index contributed by atoms with van der Waals surface area (Å²) in [5.41, 5.74) is 2.29. The summed E-state index contributed by atoms with van der Waals surface area (Å²) in [7, 11) is 0. The SMILES string of the molecule is Cc1noc(C)c1C(C)CNC1CCCC1C1COCCN1.Cl. The number of halogens is 1. The molecule has 5 nitrogen and oxygen atoms in total. The Morgan fingerprint density at radius 1 is 1.35 bits per heavy atom. The van der Waals surface area contributed by atoms with E-state index in [0.717, 1.165) is 37.8 Å². The number of hydrogen-bond donors (Lipinski definition) is 2. The summed E-state index contributed by atoms with van der Waals surface area (Å²) >= 11 is 0. The second kappa shape index (κ2) is 8.47. The molecule has 0 bridgehead atoms. The number of nitrogens with one attached hydrogen (secondary N) is 2. The van der Waals surface area contributed by atoms with Gasteiger partial charge in [-0.3, -0.25) is 0 Å². The Morgan fingerprint density at radius 3 is 2.83 bits per heavy atom. The second-order valence-electron chi connectivity index (χ2n) is 6.88. The lowest BCUT2D eigenvalue weighted by Gasteiger charge is -2.33. The maximum Gasteiger partial charge on any atom is 0.137 e. The lowest BCUT2D eigenvalue weighted by atomic mass is 9.93. The summed E-state index contributed by atoms with van der Waals surface area (Å²) in [6.45, 7) is 9.98. The molecule has 6 heteroatoms. The van der Waals surface area contributed by atoms with Gasteiger partial charge in [-0.2, -0.15) is 0 Å². The molecule has 1 aromatic rings. The monoisotopic (exact) mass is 343 g/mol. The van der Waals surface area contributed by atoms with Crippen LogP contribution in [0.25, 0.3) is 0 Å². The van der Waals surface area contributed by atoms with Gasteiger partial charge >= 0.3 is 0 Å². The zero-order chi connectivity index (χ0) is 15.5. The lowest BCUT2D eigenvalue weighted by Crippen LogP contribution is -2.51. The van der Waals surface area contributed by atoms with E-state index in [0.29, 0.717) is 23.9 Å². The molecule has 2 fully saturated rings. The van der Waals surface area contributed by atoms with Gasteiger partial charge in [-0.05, 0) is 38.5 Å². The van der Waals surface area contributed by atoms with E-state index in [4.69, 9.17) is 9.26 Å². The Balaban J connectivity index is 0.00000192. The van der Waals surface area contributed by atoms with Gasteiger partial charge < -0.3 is 19.9 Å². The third-order valence-electron chi connectivity index (χ3n) is 5.30. The van der Waals surface area contributed by atoms with Crippen LogP contribution in [0.2, 0.25) is 0 Å². The molecule has 4 unspecified atom stereocenters. The quantitative estimate of drug-likeness (QED) is 0.860. The fraction of sp³-hybridized carbons (Fsp3) is 0.824. The third kappa shape index (κ3) is 4.27. The average molecular weight is 344 g/mol. The molecule has 0 aromatic carbocycles. The molecule has 2 N–H and O–H groups in total. The van der Waals surface area contributed by atoms with Gasteiger partial charge in [-0.15, -0.1) is 12.4 Å². The Morgan fingerprint density at radius 2 is 2.17 bits per heavy atom. The molecule has 1 aromatic heterocycles. The van der Waals surface area contributed by atoms with Crippen LogP contribution < -0.4 is 10.6 Å². The maximum atomic E-state index is 5.65. The van der Waals surface area contributed by atoms with E-state index in [9.17, 15) is 0 Å². The van der Waals surface area contributed by atoms with Crippen molar-refractivity contribution in [2.75, 3.05) is 26.3 Å². The van der Waals surface area contributed by atoms with E-state index >= 15 is 0 Å². The van der Waals surface area contributed by atoms with Crippen LogP contribution in [0.5, 0.6) is 0 Å². The molecule has 4 atom stereocenters. The van der Waals surface area contributed by atoms with E-state index in [1.54, 1.807) is 0 Å². The highest BCUT2D eigenvalue weighted by atomic mass is 35.5. The molecule has 1 saturated heterocycles. The Labute approximate surface area is 145 Å². The van der Waals surface area contributed by atoms with E-state index < -0.39 is 0 Å². The van der Waals surface area contributed by atoms with Crippen LogP contribution in [0.3, 0.4) is 0 Å². The summed E-state index contributed by atoms with van der Waals surface area (Å²) in [6, 6.07) is 1.12. The van der Waals surface area contributed by atoms with Crippen molar-refractivity contribution in [3.8, 4) is 0 Å². The van der Waals surface area contributed by atoms with Gasteiger partial charge in [-0.1, -0.05) is 18.5 Å². The molecule has 0 spiro atoms. The van der Waals surface area contributed by atoms with Gasteiger partial charge in [-0.25, -0.2) is 0 Å². The molecule has 0 amide bonds. The molecule has 0 radical (unpaired) electrons. The van der Waals surface area contributed by atoms with Crippen molar-refractivity contribution in [1.29, 1.82) is 0 Å². The predicted molar refractivity (Wildman–Crippen MR) is 93.4 cm³/mol. The molecule has 23 heavy (non-hydrogen) atoms. The Hall–Kier alpha value is -0.620. The first kappa shape index (κ1) is 18.7. The van der Waals surface area contributed by atoms with Crippen LogP contribution in [0.4, 0.5) is 0 Å². The first-order valence-electron chi connectivity index (χ1n) is 8.64. The minimum Gasteiger partial charge on any atom is -0.379 e. The molecule has 1 aliphatic carbocycles. The standard InChI is InChI=1S/C17H29N3O2.ClH/c1-11(17-12(2)20-22-13(17)3)9-19-15-6-4-5-14(15)16-10-21-8-7-18-16;/h11,14-16,18-19H,4-10H2,1-3H3;1H. The van der Waals surface area contributed by atoms with Crippen molar-refractivity contribution in [2.24, 2.45) is 5.92 Å². The van der Waals surface area contributed by atoms with Crippen molar-refractivity contribution >= 4 is 12.4 Å². The first-order chi connectivity index (χ1) is 10.7. The highest BCUT2D eigenvalue weighted by Crippen LogP contribution is 2.30. The minimum absolute atomic E-state index is 0. The van der Waals surface area contributed by atoms with Crippen molar-refractivity contribution in [3.05, 3.63) is 17.0 Å². The molecule has 2 aliphatic rings. The van der Waals surface area contributed by atoms with Gasteiger partial charge in [0.15, 0.2) is 0 Å². The van der Waals surface area contributed by atoms with E-state index in [1.165, 1.54) is 24.8 Å². The normalized spacial score (nSPS) is 29.3. The van der Waals surface area contributed by atoms with E-state index in [-0.39, 0.29) is 12.4 Å². The maximum absolute atomic E-state index is 5.65. The first-order valence-corrected chi connectivity index (χ1v) is 8.64. The highest BCUT2D eigenvalue weighted by Gasteiger charge is 2.34. The number of aromatic nitrogens is 1. The van der Waals surface area contributed by atoms with Crippen molar-refractivity contribution < 1.29 is 9.26 Å². The predicted octanol–water partition coefficient (Wildman–Crippen LogP) is 2.56. The molecule has 3 rings (SSSR count). The van der Waals surface area contributed by atoms with Gasteiger partial charge in [0.25, 0.3) is 0 Å². The lowest BCUT2D eigenvalue weighted by molar-refractivity contribution is 0.0525. The van der Waals surface area contributed by atoms with Crippen LogP contribution >= 0.6 is 12.4 Å². The van der Waals surface area contributed by atoms with Crippen LogP contribution in [0.1, 0.15) is 49.1 Å². The second-order valence-corrected chi connectivity index (χ2v) is 6.88. The van der Waals surface area contributed by atoms with Crippen molar-refractivity contribution in [2.45, 2.75) is 58.0 Å². The number of nitrogens with zero attached hydrogens (tertiary/aromatic N) is 1. The van der Waals surface area contributed by atoms with Gasteiger partial charge in [0, 0.05) is 30.7 Å². The molecular weight excluding hydrogens is 314 g/mol. The number of hydrogen-bond acceptors (Lipinski definition) is 5. The Bertz CT molecular complexity index is 469. The van der Waals surface area contributed by atoms with E-state index in [2.05, 4.69) is 22.7 Å². The summed E-state index contributed by atoms with van der Waals surface area (Å²) in [5.74, 6) is 2.08.